The number of anilines is 1. The predicted octanol–water partition coefficient (Wildman–Crippen LogP) is 2.77. The Kier molecular flexibility index (Phi) is 3.90. The molecular weight excluding hydrogens is 311 g/mol. The van der Waals surface area contributed by atoms with Gasteiger partial charge in [-0.3, -0.25) is 10.1 Å². The van der Waals surface area contributed by atoms with E-state index in [1.54, 1.807) is 0 Å². The maximum absolute atomic E-state index is 13.2. The molecule has 0 saturated heterocycles. The molecule has 8 heteroatoms. The molecule has 2 N–H and O–H groups in total. The number of hydrogen-bond acceptors (Lipinski definition) is 4. The molecule has 0 fully saturated rings. The zero-order valence-electron chi connectivity index (χ0n) is 9.53. The Morgan fingerprint density at radius 3 is 2.56 bits per heavy atom. The van der Waals surface area contributed by atoms with Crippen molar-refractivity contribution in [3.8, 4) is 0 Å². The summed E-state index contributed by atoms with van der Waals surface area (Å²) in [6.07, 6.45) is 0. The highest BCUT2D eigenvalue weighted by Crippen LogP contribution is 2.32. The first kappa shape index (κ1) is 14.4. The zero-order valence-corrected chi connectivity index (χ0v) is 11.1. The molecule has 1 rings (SSSR count). The number of nitro groups is 1. The Morgan fingerprint density at radius 2 is 2.11 bits per heavy atom. The van der Waals surface area contributed by atoms with Gasteiger partial charge in [0.15, 0.2) is 0 Å². The van der Waals surface area contributed by atoms with Gasteiger partial charge in [-0.15, -0.1) is 0 Å². The van der Waals surface area contributed by atoms with Gasteiger partial charge in [0, 0.05) is 0 Å². The van der Waals surface area contributed by atoms with Gasteiger partial charge < -0.3 is 10.4 Å². The van der Waals surface area contributed by atoms with Gasteiger partial charge in [0.25, 0.3) is 5.69 Å². The Hall–Kier alpha value is -1.70. The normalized spacial score (nSPS) is 11.1. The Balaban J connectivity index is 3.27. The van der Waals surface area contributed by atoms with E-state index < -0.39 is 27.9 Å². The minimum atomic E-state index is -1.41. The molecule has 0 bridgehead atoms. The molecule has 6 nitrogen and oxygen atoms in total. The van der Waals surface area contributed by atoms with E-state index in [4.69, 9.17) is 5.11 Å². The molecule has 0 aliphatic rings. The van der Waals surface area contributed by atoms with Crippen molar-refractivity contribution < 1.29 is 19.2 Å². The third kappa shape index (κ3) is 2.95. The fourth-order valence-corrected chi connectivity index (χ4v) is 1.52. The van der Waals surface area contributed by atoms with Gasteiger partial charge >= 0.3 is 5.97 Å². The maximum atomic E-state index is 13.2. The van der Waals surface area contributed by atoms with E-state index in [0.717, 1.165) is 12.1 Å². The number of halogens is 2. The van der Waals surface area contributed by atoms with Crippen LogP contribution in [0, 0.1) is 15.9 Å². The second kappa shape index (κ2) is 4.89. The number of nitrogens with zero attached hydrogens (tertiary/aromatic N) is 1. The number of rotatable bonds is 4. The lowest BCUT2D eigenvalue weighted by Gasteiger charge is -2.22. The minimum Gasteiger partial charge on any atom is -0.480 e. The van der Waals surface area contributed by atoms with Crippen LogP contribution in [0.3, 0.4) is 0 Å². The predicted molar refractivity (Wildman–Crippen MR) is 66.1 cm³/mol. The first-order valence-electron chi connectivity index (χ1n) is 4.80. The number of nitro benzene ring substituents is 1. The second-order valence-corrected chi connectivity index (χ2v) is 4.95. The molecule has 0 aliphatic heterocycles. The Labute approximate surface area is 110 Å². The first-order chi connectivity index (χ1) is 8.15. The van der Waals surface area contributed by atoms with Crippen molar-refractivity contribution in [2.24, 2.45) is 0 Å². The third-order valence-corrected chi connectivity index (χ3v) is 2.82. The fraction of sp³-hybridized carbons (Fsp3) is 0.300. The van der Waals surface area contributed by atoms with E-state index >= 15 is 0 Å². The van der Waals surface area contributed by atoms with E-state index in [0.29, 0.717) is 0 Å². The first-order valence-corrected chi connectivity index (χ1v) is 5.59. The van der Waals surface area contributed by atoms with E-state index in [1.165, 1.54) is 13.8 Å². The summed E-state index contributed by atoms with van der Waals surface area (Å²) in [7, 11) is 0. The molecular formula is C10H10BrFN2O4. The lowest BCUT2D eigenvalue weighted by atomic mass is 10.1. The molecule has 0 aromatic heterocycles. The van der Waals surface area contributed by atoms with Crippen molar-refractivity contribution in [1.29, 1.82) is 0 Å². The van der Waals surface area contributed by atoms with Crippen molar-refractivity contribution in [3.05, 3.63) is 32.5 Å². The molecule has 0 radical (unpaired) electrons. The van der Waals surface area contributed by atoms with Crippen LogP contribution in [0.25, 0.3) is 0 Å². The monoisotopic (exact) mass is 320 g/mol. The Morgan fingerprint density at radius 1 is 1.56 bits per heavy atom. The molecule has 0 heterocycles. The number of nitrogens with one attached hydrogen (secondary N) is 1. The van der Waals surface area contributed by atoms with E-state index in [1.807, 2.05) is 0 Å². The standard InChI is InChI=1S/C10H10BrFN2O4/c1-10(2,9(15)16)13-7-3-5(11)6(12)4-8(7)14(17)18/h3-4,13H,1-2H3,(H,15,16). The van der Waals surface area contributed by atoms with Gasteiger partial charge in [0.1, 0.15) is 17.0 Å². The van der Waals surface area contributed by atoms with Crippen LogP contribution < -0.4 is 5.32 Å². The van der Waals surface area contributed by atoms with Crippen LogP contribution in [0.2, 0.25) is 0 Å². The average molecular weight is 321 g/mol. The summed E-state index contributed by atoms with van der Waals surface area (Å²) in [5, 5.41) is 22.2. The quantitative estimate of drug-likeness (QED) is 0.657. The summed E-state index contributed by atoms with van der Waals surface area (Å²) in [6, 6.07) is 1.86. The maximum Gasteiger partial charge on any atom is 0.328 e. The van der Waals surface area contributed by atoms with Crippen molar-refractivity contribution in [1.82, 2.24) is 0 Å². The number of carbonyl (C=O) groups is 1. The molecule has 0 unspecified atom stereocenters. The summed E-state index contributed by atoms with van der Waals surface area (Å²) < 4.78 is 13.2. The van der Waals surface area contributed by atoms with E-state index in [9.17, 15) is 19.3 Å². The van der Waals surface area contributed by atoms with E-state index in [-0.39, 0.29) is 10.2 Å². The number of carboxylic acids is 1. The van der Waals surface area contributed by atoms with Crippen molar-refractivity contribution in [2.45, 2.75) is 19.4 Å². The van der Waals surface area contributed by atoms with Crippen LogP contribution in [0.4, 0.5) is 15.8 Å². The SMILES string of the molecule is CC(C)(Nc1cc(Br)c(F)cc1[N+](=O)[O-])C(=O)O. The van der Waals surface area contributed by atoms with Crippen LogP contribution in [0.1, 0.15) is 13.8 Å². The van der Waals surface area contributed by atoms with Gasteiger partial charge in [-0.05, 0) is 35.8 Å². The molecule has 1 aromatic rings. The molecule has 98 valence electrons. The van der Waals surface area contributed by atoms with Crippen LogP contribution in [-0.2, 0) is 4.79 Å². The summed E-state index contributed by atoms with van der Waals surface area (Å²) in [4.78, 5) is 20.9. The van der Waals surface area contributed by atoms with Gasteiger partial charge in [-0.25, -0.2) is 9.18 Å². The molecule has 0 atom stereocenters. The van der Waals surface area contributed by atoms with Crippen molar-refractivity contribution in [2.75, 3.05) is 5.32 Å². The third-order valence-electron chi connectivity index (χ3n) is 2.22. The highest BCUT2D eigenvalue weighted by molar-refractivity contribution is 9.10. The highest BCUT2D eigenvalue weighted by Gasteiger charge is 2.30. The number of hydrogen-bond donors (Lipinski definition) is 2. The molecule has 0 saturated carbocycles. The van der Waals surface area contributed by atoms with Gasteiger partial charge in [-0.1, -0.05) is 0 Å². The fourth-order valence-electron chi connectivity index (χ4n) is 1.18. The molecule has 1 aromatic carbocycles. The summed E-state index contributed by atoms with van der Waals surface area (Å²) in [6.45, 7) is 2.69. The van der Waals surface area contributed by atoms with Crippen LogP contribution in [-0.4, -0.2) is 21.5 Å². The summed E-state index contributed by atoms with van der Waals surface area (Å²) in [5.74, 6) is -1.97. The minimum absolute atomic E-state index is 0.0109. The number of aliphatic carboxylic acids is 1. The largest absolute Gasteiger partial charge is 0.480 e. The smallest absolute Gasteiger partial charge is 0.328 e. The average Bonchev–Trinajstić information content (AvgIpc) is 2.22. The van der Waals surface area contributed by atoms with Crippen LogP contribution in [0.5, 0.6) is 0 Å². The highest BCUT2D eigenvalue weighted by atomic mass is 79.9. The molecule has 0 spiro atoms. The second-order valence-electron chi connectivity index (χ2n) is 4.10. The number of carboxylic acid groups (broad SMARTS) is 1. The molecule has 18 heavy (non-hydrogen) atoms. The Bertz CT molecular complexity index is 519. The van der Waals surface area contributed by atoms with Gasteiger partial charge in [0.05, 0.1) is 15.5 Å². The number of benzene rings is 1. The summed E-state index contributed by atoms with van der Waals surface area (Å²) in [5.41, 5.74) is -2.01. The van der Waals surface area contributed by atoms with Crippen LogP contribution in [0.15, 0.2) is 16.6 Å². The van der Waals surface area contributed by atoms with Gasteiger partial charge in [-0.2, -0.15) is 0 Å². The van der Waals surface area contributed by atoms with E-state index in [2.05, 4.69) is 21.2 Å². The van der Waals surface area contributed by atoms with Gasteiger partial charge in [0.2, 0.25) is 0 Å². The zero-order chi connectivity index (χ0) is 14.1. The van der Waals surface area contributed by atoms with Crippen molar-refractivity contribution in [3.63, 3.8) is 0 Å². The summed E-state index contributed by atoms with van der Waals surface area (Å²) >= 11 is 2.89. The topological polar surface area (TPSA) is 92.5 Å². The lowest BCUT2D eigenvalue weighted by molar-refractivity contribution is -0.384. The van der Waals surface area contributed by atoms with Crippen molar-refractivity contribution >= 4 is 33.3 Å². The lowest BCUT2D eigenvalue weighted by Crippen LogP contribution is -2.40. The molecule has 0 aliphatic carbocycles. The van der Waals surface area contributed by atoms with Crippen LogP contribution >= 0.6 is 15.9 Å². The molecule has 0 amide bonds.